The maximum atomic E-state index is 12.0. The van der Waals surface area contributed by atoms with Crippen molar-refractivity contribution in [2.24, 2.45) is 5.92 Å². The maximum absolute atomic E-state index is 12.0. The summed E-state index contributed by atoms with van der Waals surface area (Å²) in [4.78, 5) is 15.9. The van der Waals surface area contributed by atoms with Crippen LogP contribution in [0.5, 0.6) is 0 Å². The number of nitrogens with zero attached hydrogens (tertiary/aromatic N) is 2. The van der Waals surface area contributed by atoms with Crippen molar-refractivity contribution in [1.82, 2.24) is 15.4 Å². The maximum Gasteiger partial charge on any atom is 0.289 e. The minimum atomic E-state index is -0.206. The van der Waals surface area contributed by atoms with Crippen LogP contribution < -0.4 is 5.32 Å². The van der Waals surface area contributed by atoms with Crippen LogP contribution >= 0.6 is 11.3 Å². The standard InChI is InChI=1S/C17H21N3O3S/c21-17(15-5-6-19-23-15)18-10-12-3-4-14-16(12)22-8-7-20(14)11-13-2-1-9-24-13/h1-2,5-6,9,12,14,16H,3-4,7-8,10-11H2,(H,18,21)/t12-,14+,16+/m0/s1. The van der Waals surface area contributed by atoms with Crippen molar-refractivity contribution in [1.29, 1.82) is 0 Å². The monoisotopic (exact) mass is 347 g/mol. The molecule has 1 N–H and O–H groups in total. The molecule has 6 nitrogen and oxygen atoms in total. The Hall–Kier alpha value is -1.70. The molecule has 2 aromatic rings. The van der Waals surface area contributed by atoms with E-state index in [1.54, 1.807) is 6.07 Å². The minimum absolute atomic E-state index is 0.203. The van der Waals surface area contributed by atoms with E-state index in [1.807, 2.05) is 11.3 Å². The molecular weight excluding hydrogens is 326 g/mol. The molecule has 0 radical (unpaired) electrons. The van der Waals surface area contributed by atoms with Crippen LogP contribution in [0.4, 0.5) is 0 Å². The smallest absolute Gasteiger partial charge is 0.289 e. The molecule has 0 bridgehead atoms. The molecule has 0 aromatic carbocycles. The highest BCUT2D eigenvalue weighted by Crippen LogP contribution is 2.35. The molecule has 24 heavy (non-hydrogen) atoms. The third kappa shape index (κ3) is 3.24. The zero-order valence-electron chi connectivity index (χ0n) is 13.4. The number of carbonyl (C=O) groups is 1. The second-order valence-corrected chi connectivity index (χ2v) is 7.41. The zero-order valence-corrected chi connectivity index (χ0v) is 14.2. The van der Waals surface area contributed by atoms with E-state index in [1.165, 1.54) is 11.1 Å². The normalized spacial score (nSPS) is 27.1. The predicted molar refractivity (Wildman–Crippen MR) is 89.8 cm³/mol. The molecule has 7 heteroatoms. The second kappa shape index (κ2) is 7.04. The lowest BCUT2D eigenvalue weighted by Crippen LogP contribution is -2.50. The van der Waals surface area contributed by atoms with Gasteiger partial charge in [0.2, 0.25) is 5.76 Å². The van der Waals surface area contributed by atoms with Crippen LogP contribution in [0, 0.1) is 5.92 Å². The Kier molecular flexibility index (Phi) is 4.64. The lowest BCUT2D eigenvalue weighted by atomic mass is 10.0. The summed E-state index contributed by atoms with van der Waals surface area (Å²) in [5.41, 5.74) is 0. The quantitative estimate of drug-likeness (QED) is 0.898. The number of amides is 1. The van der Waals surface area contributed by atoms with Gasteiger partial charge in [-0.25, -0.2) is 0 Å². The van der Waals surface area contributed by atoms with Crippen LogP contribution in [-0.2, 0) is 11.3 Å². The van der Waals surface area contributed by atoms with Gasteiger partial charge in [0.15, 0.2) is 0 Å². The number of nitrogens with one attached hydrogen (secondary N) is 1. The lowest BCUT2D eigenvalue weighted by Gasteiger charge is -2.39. The number of aromatic nitrogens is 1. The van der Waals surface area contributed by atoms with Gasteiger partial charge in [-0.3, -0.25) is 9.69 Å². The molecule has 2 aliphatic rings. The van der Waals surface area contributed by atoms with Gasteiger partial charge in [0.05, 0.1) is 18.9 Å². The lowest BCUT2D eigenvalue weighted by molar-refractivity contribution is -0.0754. The molecular formula is C17H21N3O3S. The van der Waals surface area contributed by atoms with E-state index in [0.717, 1.165) is 32.5 Å². The van der Waals surface area contributed by atoms with Crippen molar-refractivity contribution in [3.05, 3.63) is 40.4 Å². The van der Waals surface area contributed by atoms with E-state index in [-0.39, 0.29) is 17.8 Å². The molecule has 1 saturated carbocycles. The Balaban J connectivity index is 1.35. The summed E-state index contributed by atoms with van der Waals surface area (Å²) in [6.07, 6.45) is 3.88. The molecule has 3 atom stereocenters. The fraction of sp³-hybridized carbons (Fsp3) is 0.529. The number of hydrogen-bond acceptors (Lipinski definition) is 6. The third-order valence-electron chi connectivity index (χ3n) is 4.96. The SMILES string of the molecule is O=C(NC[C@@H]1CC[C@@H]2[C@@H]1OCCN2Cc1cccs1)c1ccno1. The van der Waals surface area contributed by atoms with Crippen molar-refractivity contribution in [2.75, 3.05) is 19.7 Å². The van der Waals surface area contributed by atoms with E-state index in [0.29, 0.717) is 18.5 Å². The molecule has 1 aliphatic carbocycles. The number of thiophene rings is 1. The Morgan fingerprint density at radius 2 is 2.38 bits per heavy atom. The molecule has 3 heterocycles. The first-order valence-corrected chi connectivity index (χ1v) is 9.26. The first kappa shape index (κ1) is 15.8. The van der Waals surface area contributed by atoms with Gasteiger partial charge in [0, 0.05) is 42.5 Å². The van der Waals surface area contributed by atoms with Crippen molar-refractivity contribution in [3.8, 4) is 0 Å². The van der Waals surface area contributed by atoms with E-state index in [4.69, 9.17) is 9.26 Å². The Labute approximate surface area is 144 Å². The van der Waals surface area contributed by atoms with Gasteiger partial charge in [-0.15, -0.1) is 11.3 Å². The number of morpholine rings is 1. The molecule has 1 aliphatic heterocycles. The number of fused-ring (bicyclic) bond motifs is 1. The molecule has 0 spiro atoms. The predicted octanol–water partition coefficient (Wildman–Crippen LogP) is 2.15. The van der Waals surface area contributed by atoms with E-state index in [2.05, 4.69) is 32.9 Å². The average Bonchev–Trinajstić information content (AvgIpc) is 3.34. The van der Waals surface area contributed by atoms with Crippen molar-refractivity contribution in [2.45, 2.75) is 31.5 Å². The van der Waals surface area contributed by atoms with Gasteiger partial charge in [0.25, 0.3) is 5.91 Å². The number of hydrogen-bond donors (Lipinski definition) is 1. The summed E-state index contributed by atoms with van der Waals surface area (Å²) < 4.78 is 11.0. The zero-order chi connectivity index (χ0) is 16.4. The second-order valence-electron chi connectivity index (χ2n) is 6.38. The first-order valence-electron chi connectivity index (χ1n) is 8.38. The summed E-state index contributed by atoms with van der Waals surface area (Å²) >= 11 is 1.81. The largest absolute Gasteiger partial charge is 0.375 e. The number of ether oxygens (including phenoxy) is 1. The highest BCUT2D eigenvalue weighted by atomic mass is 32.1. The molecule has 1 amide bonds. The molecule has 1 saturated heterocycles. The fourth-order valence-electron chi connectivity index (χ4n) is 3.80. The molecule has 0 unspecified atom stereocenters. The Morgan fingerprint density at radius 1 is 1.42 bits per heavy atom. The van der Waals surface area contributed by atoms with E-state index < -0.39 is 0 Å². The summed E-state index contributed by atoms with van der Waals surface area (Å²) in [5, 5.41) is 8.65. The van der Waals surface area contributed by atoms with Crippen molar-refractivity contribution >= 4 is 17.2 Å². The van der Waals surface area contributed by atoms with Gasteiger partial charge in [-0.1, -0.05) is 11.2 Å². The summed E-state index contributed by atoms with van der Waals surface area (Å²) in [6.45, 7) is 3.36. The van der Waals surface area contributed by atoms with Crippen LogP contribution in [0.1, 0.15) is 28.3 Å². The van der Waals surface area contributed by atoms with Crippen molar-refractivity contribution in [3.63, 3.8) is 0 Å². The fourth-order valence-corrected chi connectivity index (χ4v) is 4.53. The molecule has 128 valence electrons. The van der Waals surface area contributed by atoms with Gasteiger partial charge in [-0.2, -0.15) is 0 Å². The van der Waals surface area contributed by atoms with Crippen LogP contribution in [-0.4, -0.2) is 47.8 Å². The van der Waals surface area contributed by atoms with Crippen LogP contribution in [0.25, 0.3) is 0 Å². The van der Waals surface area contributed by atoms with Crippen LogP contribution in [0.2, 0.25) is 0 Å². The summed E-state index contributed by atoms with van der Waals surface area (Å²) in [7, 11) is 0. The van der Waals surface area contributed by atoms with Gasteiger partial charge in [0.1, 0.15) is 0 Å². The van der Waals surface area contributed by atoms with Crippen LogP contribution in [0.3, 0.4) is 0 Å². The molecule has 2 fully saturated rings. The third-order valence-corrected chi connectivity index (χ3v) is 5.82. The van der Waals surface area contributed by atoms with Crippen LogP contribution in [0.15, 0.2) is 34.3 Å². The van der Waals surface area contributed by atoms with E-state index >= 15 is 0 Å². The Bertz CT molecular complexity index is 659. The van der Waals surface area contributed by atoms with Gasteiger partial charge >= 0.3 is 0 Å². The number of carbonyl (C=O) groups excluding carboxylic acids is 1. The molecule has 4 rings (SSSR count). The Morgan fingerprint density at radius 3 is 3.17 bits per heavy atom. The summed E-state index contributed by atoms with van der Waals surface area (Å²) in [5.74, 6) is 0.406. The number of rotatable bonds is 5. The molecule has 2 aromatic heterocycles. The highest BCUT2D eigenvalue weighted by molar-refractivity contribution is 7.09. The topological polar surface area (TPSA) is 67.6 Å². The van der Waals surface area contributed by atoms with Gasteiger partial charge in [-0.05, 0) is 24.3 Å². The van der Waals surface area contributed by atoms with Crippen molar-refractivity contribution < 1.29 is 14.1 Å². The highest BCUT2D eigenvalue weighted by Gasteiger charge is 2.42. The van der Waals surface area contributed by atoms with Gasteiger partial charge < -0.3 is 14.6 Å². The van der Waals surface area contributed by atoms with E-state index in [9.17, 15) is 4.79 Å². The minimum Gasteiger partial charge on any atom is -0.375 e. The summed E-state index contributed by atoms with van der Waals surface area (Å²) in [6, 6.07) is 6.33. The first-order chi connectivity index (χ1) is 11.8. The average molecular weight is 347 g/mol.